The highest BCUT2D eigenvalue weighted by atomic mass is 79.9. The highest BCUT2D eigenvalue weighted by Gasteiger charge is 2.20. The lowest BCUT2D eigenvalue weighted by Gasteiger charge is -2.08. The zero-order valence-electron chi connectivity index (χ0n) is 16.9. The second-order valence-electron chi connectivity index (χ2n) is 6.89. The van der Waals surface area contributed by atoms with Gasteiger partial charge in [-0.15, -0.1) is 0 Å². The van der Waals surface area contributed by atoms with Gasteiger partial charge >= 0.3 is 0 Å². The Balaban J connectivity index is 1.39. The molecule has 0 fully saturated rings. The van der Waals surface area contributed by atoms with Crippen LogP contribution in [0.25, 0.3) is 0 Å². The van der Waals surface area contributed by atoms with Gasteiger partial charge in [0.1, 0.15) is 5.75 Å². The Morgan fingerprint density at radius 3 is 2.41 bits per heavy atom. The average Bonchev–Trinajstić information content (AvgIpc) is 3.44. The van der Waals surface area contributed by atoms with Crippen molar-refractivity contribution in [1.29, 1.82) is 0 Å². The van der Waals surface area contributed by atoms with E-state index in [2.05, 4.69) is 31.4 Å². The molecule has 0 aliphatic rings. The predicted octanol–water partition coefficient (Wildman–Crippen LogP) is 5.39. The lowest BCUT2D eigenvalue weighted by molar-refractivity contribution is 0.101. The first-order valence-corrected chi connectivity index (χ1v) is 10.7. The largest absolute Gasteiger partial charge is 0.470 e. The first-order chi connectivity index (χ1) is 16.2. The van der Waals surface area contributed by atoms with Crippen LogP contribution in [0.1, 0.15) is 16.1 Å². The second-order valence-corrected chi connectivity index (χ2v) is 8.21. The van der Waals surface area contributed by atoms with Gasteiger partial charge in [-0.25, -0.2) is 22.2 Å². The molecule has 0 saturated carbocycles. The van der Waals surface area contributed by atoms with E-state index in [1.54, 1.807) is 18.2 Å². The van der Waals surface area contributed by atoms with Crippen molar-refractivity contribution in [2.45, 2.75) is 13.3 Å². The van der Waals surface area contributed by atoms with Crippen molar-refractivity contribution in [2.24, 2.45) is 0 Å². The first kappa shape index (κ1) is 23.8. The summed E-state index contributed by atoms with van der Waals surface area (Å²) in [6.45, 7) is -0.600. The maximum atomic E-state index is 13.9. The number of benzene rings is 2. The van der Waals surface area contributed by atoms with Crippen molar-refractivity contribution in [2.75, 3.05) is 5.32 Å². The molecule has 2 aromatic carbocycles. The molecular formula is C21H13BrClF4N5O2. The van der Waals surface area contributed by atoms with Crippen LogP contribution in [0.15, 0.2) is 53.3 Å². The normalized spacial score (nSPS) is 11.0. The van der Waals surface area contributed by atoms with E-state index >= 15 is 0 Å². The Morgan fingerprint density at radius 2 is 1.71 bits per heavy atom. The van der Waals surface area contributed by atoms with Crippen molar-refractivity contribution in [3.8, 4) is 5.75 Å². The predicted molar refractivity (Wildman–Crippen MR) is 118 cm³/mol. The molecule has 0 saturated heterocycles. The van der Waals surface area contributed by atoms with E-state index in [1.807, 2.05) is 0 Å². The van der Waals surface area contributed by atoms with Crippen molar-refractivity contribution in [3.63, 3.8) is 0 Å². The van der Waals surface area contributed by atoms with Gasteiger partial charge in [-0.2, -0.15) is 10.2 Å². The van der Waals surface area contributed by atoms with Crippen LogP contribution in [-0.4, -0.2) is 25.5 Å². The average molecular weight is 559 g/mol. The number of nitrogens with one attached hydrogen (secondary N) is 1. The summed E-state index contributed by atoms with van der Waals surface area (Å²) < 4.78 is 63.2. The fraction of sp³-hybridized carbons (Fsp3) is 0.0952. The van der Waals surface area contributed by atoms with Gasteiger partial charge in [0.05, 0.1) is 17.1 Å². The van der Waals surface area contributed by atoms with Crippen LogP contribution in [0.4, 0.5) is 23.4 Å². The Hall–Kier alpha value is -3.38. The minimum Gasteiger partial charge on any atom is -0.470 e. The molecule has 0 aliphatic carbocycles. The highest BCUT2D eigenvalue weighted by Crippen LogP contribution is 2.28. The molecule has 2 heterocycles. The molecule has 1 amide bonds. The number of carbonyl (C=O) groups is 1. The molecular weight excluding hydrogens is 546 g/mol. The minimum atomic E-state index is -1.52. The quantitative estimate of drug-likeness (QED) is 0.244. The number of amides is 1. The van der Waals surface area contributed by atoms with Crippen LogP contribution < -0.4 is 10.1 Å². The maximum absolute atomic E-state index is 13.9. The van der Waals surface area contributed by atoms with Gasteiger partial charge in [0.15, 0.2) is 41.5 Å². The third-order valence-electron chi connectivity index (χ3n) is 4.52. The third kappa shape index (κ3) is 5.23. The summed E-state index contributed by atoms with van der Waals surface area (Å²) in [4.78, 5) is 12.4. The zero-order chi connectivity index (χ0) is 24.4. The summed E-state index contributed by atoms with van der Waals surface area (Å²) in [6.07, 6.45) is 2.80. The summed E-state index contributed by atoms with van der Waals surface area (Å²) in [7, 11) is 0. The van der Waals surface area contributed by atoms with Gasteiger partial charge < -0.3 is 10.1 Å². The Bertz CT molecular complexity index is 1350. The van der Waals surface area contributed by atoms with Crippen LogP contribution in [-0.2, 0) is 13.3 Å². The number of anilines is 1. The number of nitrogens with zero attached hydrogens (tertiary/aromatic N) is 4. The molecule has 0 aliphatic heterocycles. The van der Waals surface area contributed by atoms with E-state index < -0.39 is 41.3 Å². The molecule has 2 aromatic heterocycles. The molecule has 1 N–H and O–H groups in total. The number of hydrogen-bond acceptors (Lipinski definition) is 4. The summed E-state index contributed by atoms with van der Waals surface area (Å²) in [5.41, 5.74) is -0.785. The van der Waals surface area contributed by atoms with Crippen LogP contribution in [0, 0.1) is 23.3 Å². The lowest BCUT2D eigenvalue weighted by atomic mass is 10.2. The molecule has 0 radical (unpaired) electrons. The smallest absolute Gasteiger partial charge is 0.277 e. The molecule has 7 nitrogen and oxygen atoms in total. The van der Waals surface area contributed by atoms with Gasteiger partial charge in [-0.1, -0.05) is 27.5 Å². The van der Waals surface area contributed by atoms with Crippen LogP contribution in [0.2, 0.25) is 5.02 Å². The number of hydrogen-bond donors (Lipinski definition) is 1. The van der Waals surface area contributed by atoms with Gasteiger partial charge in [0.2, 0.25) is 0 Å². The SMILES string of the molecule is O=C(Nc1ccn(Cc2c(F)c(F)cc(F)c2F)n1)c1ccn(COc2ccc(Br)cc2Cl)n1. The van der Waals surface area contributed by atoms with Crippen molar-refractivity contribution in [3.05, 3.63) is 92.8 Å². The standard InChI is InChI=1S/C21H13BrClF4N5O2/c22-11-1-2-17(13(23)7-11)34-10-32-5-3-16(29-32)21(33)28-18-4-6-31(30-18)9-12-19(26)14(24)8-15(25)20(12)27/h1-8H,9-10H2,(H,28,30,33). The number of ether oxygens (including phenoxy) is 1. The summed E-state index contributed by atoms with van der Waals surface area (Å²) in [6, 6.07) is 8.02. The molecule has 0 bridgehead atoms. The van der Waals surface area contributed by atoms with Gasteiger partial charge in [-0.05, 0) is 24.3 Å². The molecule has 0 unspecified atom stereocenters. The first-order valence-electron chi connectivity index (χ1n) is 9.49. The van der Waals surface area contributed by atoms with Crippen molar-refractivity contribution in [1.82, 2.24) is 19.6 Å². The van der Waals surface area contributed by atoms with Gasteiger partial charge in [-0.3, -0.25) is 9.48 Å². The second kappa shape index (κ2) is 9.85. The van der Waals surface area contributed by atoms with E-state index in [0.717, 1.165) is 9.15 Å². The molecule has 4 aromatic rings. The van der Waals surface area contributed by atoms with Crippen molar-refractivity contribution < 1.29 is 27.1 Å². The van der Waals surface area contributed by atoms with Crippen LogP contribution in [0.5, 0.6) is 5.75 Å². The van der Waals surface area contributed by atoms with E-state index in [9.17, 15) is 22.4 Å². The molecule has 0 atom stereocenters. The molecule has 0 spiro atoms. The van der Waals surface area contributed by atoms with E-state index in [-0.39, 0.29) is 24.3 Å². The molecule has 4 rings (SSSR count). The maximum Gasteiger partial charge on any atom is 0.277 e. The Kier molecular flexibility index (Phi) is 6.89. The number of aromatic nitrogens is 4. The van der Waals surface area contributed by atoms with E-state index in [0.29, 0.717) is 10.8 Å². The Labute approximate surface area is 203 Å². The number of carbonyl (C=O) groups excluding carboxylic acids is 1. The van der Waals surface area contributed by atoms with E-state index in [1.165, 1.54) is 29.2 Å². The molecule has 176 valence electrons. The number of rotatable bonds is 7. The fourth-order valence-corrected chi connectivity index (χ4v) is 3.63. The lowest BCUT2D eigenvalue weighted by Crippen LogP contribution is -2.15. The summed E-state index contributed by atoms with van der Waals surface area (Å²) >= 11 is 9.39. The minimum absolute atomic E-state index is 0.00934. The van der Waals surface area contributed by atoms with Gasteiger partial charge in [0, 0.05) is 29.0 Å². The molecule has 34 heavy (non-hydrogen) atoms. The number of halogens is 6. The Morgan fingerprint density at radius 1 is 1.00 bits per heavy atom. The van der Waals surface area contributed by atoms with Crippen LogP contribution >= 0.6 is 27.5 Å². The fourth-order valence-electron chi connectivity index (χ4n) is 2.90. The summed E-state index contributed by atoms with van der Waals surface area (Å²) in [5.74, 6) is -6.21. The van der Waals surface area contributed by atoms with Gasteiger partial charge in [0.25, 0.3) is 5.91 Å². The van der Waals surface area contributed by atoms with E-state index in [4.69, 9.17) is 16.3 Å². The van der Waals surface area contributed by atoms with Crippen LogP contribution in [0.3, 0.4) is 0 Å². The molecule has 13 heteroatoms. The summed E-state index contributed by atoms with van der Waals surface area (Å²) in [5, 5.41) is 10.9. The topological polar surface area (TPSA) is 74.0 Å². The highest BCUT2D eigenvalue weighted by molar-refractivity contribution is 9.10. The zero-order valence-corrected chi connectivity index (χ0v) is 19.2. The monoisotopic (exact) mass is 557 g/mol. The third-order valence-corrected chi connectivity index (χ3v) is 5.31. The van der Waals surface area contributed by atoms with Crippen molar-refractivity contribution >= 4 is 39.3 Å².